The lowest BCUT2D eigenvalue weighted by Gasteiger charge is -2.40. The Morgan fingerprint density at radius 3 is 1.51 bits per heavy atom. The molecule has 6 atom stereocenters. The summed E-state index contributed by atoms with van der Waals surface area (Å²) < 4.78 is 28.2. The van der Waals surface area contributed by atoms with Gasteiger partial charge in [0, 0.05) is 19.3 Å². The molecule has 0 bridgehead atoms. The van der Waals surface area contributed by atoms with Crippen molar-refractivity contribution in [1.29, 1.82) is 0 Å². The lowest BCUT2D eigenvalue weighted by atomic mass is 9.98. The van der Waals surface area contributed by atoms with E-state index in [9.17, 15) is 34.5 Å². The van der Waals surface area contributed by atoms with Gasteiger partial charge in [-0.05, 0) is 70.6 Å². The summed E-state index contributed by atoms with van der Waals surface area (Å²) >= 11 is 0. The molecule has 0 saturated carbocycles. The minimum atomic E-state index is -1.91. The number of esters is 3. The van der Waals surface area contributed by atoms with Crippen molar-refractivity contribution >= 4 is 23.9 Å². The molecule has 1 heterocycles. The molecule has 1 rings (SSSR count). The summed E-state index contributed by atoms with van der Waals surface area (Å²) in [6, 6.07) is 0. The van der Waals surface area contributed by atoms with E-state index in [1.54, 1.807) is 0 Å². The fourth-order valence-electron chi connectivity index (χ4n) is 7.65. The van der Waals surface area contributed by atoms with E-state index in [4.69, 9.17) is 23.7 Å². The van der Waals surface area contributed by atoms with Crippen molar-refractivity contribution in [3.63, 3.8) is 0 Å². The summed E-state index contributed by atoms with van der Waals surface area (Å²) in [5, 5.41) is 31.4. The van der Waals surface area contributed by atoms with E-state index in [0.717, 1.165) is 103 Å². The Balaban J connectivity index is 2.78. The number of carbonyl (C=O) groups excluding carboxylic acids is 3. The molecule has 0 amide bonds. The number of aliphatic hydroxyl groups is 2. The summed E-state index contributed by atoms with van der Waals surface area (Å²) in [5.41, 5.74) is 0. The van der Waals surface area contributed by atoms with Crippen molar-refractivity contribution in [3.05, 3.63) is 72.9 Å². The first-order valence-electron chi connectivity index (χ1n) is 26.9. The van der Waals surface area contributed by atoms with Crippen molar-refractivity contribution in [1.82, 2.24) is 0 Å². The Labute approximate surface area is 417 Å². The van der Waals surface area contributed by atoms with Gasteiger partial charge in [-0.25, -0.2) is 4.79 Å². The van der Waals surface area contributed by atoms with Crippen LogP contribution < -0.4 is 0 Å². The average Bonchev–Trinajstić information content (AvgIpc) is 3.33. The van der Waals surface area contributed by atoms with Gasteiger partial charge in [0.2, 0.25) is 0 Å². The van der Waals surface area contributed by atoms with Crippen LogP contribution in [-0.2, 0) is 42.9 Å². The Bertz CT molecular complexity index is 1480. The highest BCUT2D eigenvalue weighted by molar-refractivity contribution is 5.74. The lowest BCUT2D eigenvalue weighted by molar-refractivity contribution is -0.301. The van der Waals surface area contributed by atoms with Crippen LogP contribution >= 0.6 is 0 Å². The van der Waals surface area contributed by atoms with E-state index in [1.165, 1.54) is 51.4 Å². The minimum Gasteiger partial charge on any atom is -0.479 e. The smallest absolute Gasteiger partial charge is 0.335 e. The van der Waals surface area contributed by atoms with Crippen molar-refractivity contribution < 1.29 is 58.2 Å². The highest BCUT2D eigenvalue weighted by Gasteiger charge is 2.50. The number of aliphatic hydroxyl groups excluding tert-OH is 2. The third kappa shape index (κ3) is 35.8. The predicted octanol–water partition coefficient (Wildman–Crippen LogP) is 13.0. The van der Waals surface area contributed by atoms with Gasteiger partial charge in [0.1, 0.15) is 18.8 Å². The molecule has 0 aromatic rings. The topological polar surface area (TPSA) is 175 Å². The normalized spacial score (nSPS) is 19.2. The molecule has 3 N–H and O–H groups in total. The van der Waals surface area contributed by atoms with Gasteiger partial charge in [-0.3, -0.25) is 14.4 Å². The van der Waals surface area contributed by atoms with Gasteiger partial charge in [-0.2, -0.15) is 0 Å². The van der Waals surface area contributed by atoms with Crippen molar-refractivity contribution in [2.75, 3.05) is 13.2 Å². The first-order chi connectivity index (χ1) is 33.6. The van der Waals surface area contributed by atoms with Crippen LogP contribution in [0.3, 0.4) is 0 Å². The first-order valence-corrected chi connectivity index (χ1v) is 26.9. The lowest BCUT2D eigenvalue weighted by Crippen LogP contribution is -2.61. The summed E-state index contributed by atoms with van der Waals surface area (Å²) in [5.74, 6) is -3.25. The summed E-state index contributed by atoms with van der Waals surface area (Å²) in [4.78, 5) is 50.8. The third-order valence-corrected chi connectivity index (χ3v) is 11.8. The van der Waals surface area contributed by atoms with Gasteiger partial charge in [-0.1, -0.05) is 196 Å². The van der Waals surface area contributed by atoms with Gasteiger partial charge in [0.15, 0.2) is 24.6 Å². The quantitative estimate of drug-likeness (QED) is 0.0228. The largest absolute Gasteiger partial charge is 0.479 e. The van der Waals surface area contributed by atoms with E-state index >= 15 is 0 Å². The SMILES string of the molecule is CC/C=C\C/C=C\C/C=C\C/C=C\CCC(=O)OCC(COC1OC(C(=O)O)C(O)C(O)C1OC(=O)CCCCCCCCCCCCCCC)OC(=O)CCCCCCC/C=C\C/C=C\CCC. The molecule has 0 spiro atoms. The zero-order valence-electron chi connectivity index (χ0n) is 43.0. The number of ether oxygens (including phenoxy) is 5. The first kappa shape index (κ1) is 63.2. The molecule has 0 radical (unpaired) electrons. The zero-order chi connectivity index (χ0) is 50.4. The van der Waals surface area contributed by atoms with Crippen molar-refractivity contribution in [2.24, 2.45) is 0 Å². The maximum atomic E-state index is 13.1. The van der Waals surface area contributed by atoms with Gasteiger partial charge < -0.3 is 39.0 Å². The number of allylic oxidation sites excluding steroid dienone is 12. The summed E-state index contributed by atoms with van der Waals surface area (Å²) in [7, 11) is 0. The van der Waals surface area contributed by atoms with Crippen LogP contribution in [0, 0.1) is 0 Å². The Hall–Kier alpha value is -3.84. The van der Waals surface area contributed by atoms with Crippen LogP contribution in [0.2, 0.25) is 0 Å². The second-order valence-corrected chi connectivity index (χ2v) is 18.1. The Kier molecular flexibility index (Phi) is 41.5. The van der Waals surface area contributed by atoms with E-state index in [1.807, 2.05) is 12.2 Å². The van der Waals surface area contributed by atoms with Gasteiger partial charge in [-0.15, -0.1) is 0 Å². The molecule has 1 saturated heterocycles. The Morgan fingerprint density at radius 1 is 0.493 bits per heavy atom. The number of carboxylic acid groups (broad SMARTS) is 1. The van der Waals surface area contributed by atoms with Crippen LogP contribution in [0.1, 0.15) is 213 Å². The molecule has 0 aromatic heterocycles. The van der Waals surface area contributed by atoms with E-state index in [0.29, 0.717) is 19.3 Å². The molecule has 0 aromatic carbocycles. The summed E-state index contributed by atoms with van der Waals surface area (Å²) in [6.45, 7) is 5.71. The van der Waals surface area contributed by atoms with Gasteiger partial charge in [0.05, 0.1) is 6.61 Å². The van der Waals surface area contributed by atoms with Crippen LogP contribution in [-0.4, -0.2) is 89.2 Å². The molecule has 69 heavy (non-hydrogen) atoms. The van der Waals surface area contributed by atoms with Crippen LogP contribution in [0.4, 0.5) is 0 Å². The number of rotatable bonds is 44. The highest BCUT2D eigenvalue weighted by atomic mass is 16.7. The molecule has 12 heteroatoms. The molecule has 394 valence electrons. The Morgan fingerprint density at radius 2 is 0.971 bits per heavy atom. The molecular formula is C57H94O12. The molecule has 1 fully saturated rings. The van der Waals surface area contributed by atoms with E-state index < -0.39 is 67.3 Å². The average molecular weight is 971 g/mol. The fourth-order valence-corrected chi connectivity index (χ4v) is 7.65. The summed E-state index contributed by atoms with van der Waals surface area (Å²) in [6.07, 6.45) is 43.3. The zero-order valence-corrected chi connectivity index (χ0v) is 43.0. The van der Waals surface area contributed by atoms with E-state index in [-0.39, 0.29) is 25.9 Å². The minimum absolute atomic E-state index is 0.0529. The number of hydrogen-bond donors (Lipinski definition) is 3. The second-order valence-electron chi connectivity index (χ2n) is 18.1. The van der Waals surface area contributed by atoms with Crippen molar-refractivity contribution in [3.8, 4) is 0 Å². The number of hydrogen-bond acceptors (Lipinski definition) is 11. The standard InChI is InChI=1S/C57H94O12/c1-4-7-10-13-16-19-22-25-28-31-34-37-40-43-49(58)65-46-48(67-50(59)44-41-38-35-32-29-26-23-20-17-14-11-8-5-2)47-66-57-55(53(62)52(61)54(69-57)56(63)64)68-51(60)45-42-39-36-33-30-27-24-21-18-15-12-9-6-3/h7,10-11,14,16,19-20,23,25,28,34,37,48,52-55,57,61-62H,4-6,8-9,12-13,15,17-18,21-22,24,26-27,29-33,35-36,38-47H2,1-3H3,(H,63,64)/b10-7-,14-11-,19-16-,23-20-,28-25-,37-34-. The molecule has 1 aliphatic rings. The number of carboxylic acids is 1. The fraction of sp³-hybridized carbons (Fsp3) is 0.719. The molecule has 0 aliphatic carbocycles. The van der Waals surface area contributed by atoms with Crippen LogP contribution in [0.5, 0.6) is 0 Å². The number of carbonyl (C=O) groups is 4. The number of unbranched alkanes of at least 4 members (excludes halogenated alkanes) is 18. The monoisotopic (exact) mass is 971 g/mol. The van der Waals surface area contributed by atoms with Crippen LogP contribution in [0.25, 0.3) is 0 Å². The number of aliphatic carboxylic acids is 1. The van der Waals surface area contributed by atoms with Crippen molar-refractivity contribution in [2.45, 2.75) is 250 Å². The van der Waals surface area contributed by atoms with Gasteiger partial charge >= 0.3 is 23.9 Å². The van der Waals surface area contributed by atoms with Gasteiger partial charge in [0.25, 0.3) is 0 Å². The maximum absolute atomic E-state index is 13.1. The third-order valence-electron chi connectivity index (χ3n) is 11.8. The van der Waals surface area contributed by atoms with Crippen LogP contribution in [0.15, 0.2) is 72.9 Å². The molecule has 6 unspecified atom stereocenters. The predicted molar refractivity (Wildman–Crippen MR) is 275 cm³/mol. The molecule has 1 aliphatic heterocycles. The second kappa shape index (κ2) is 45.3. The maximum Gasteiger partial charge on any atom is 0.335 e. The van der Waals surface area contributed by atoms with E-state index in [2.05, 4.69) is 81.5 Å². The molecule has 12 nitrogen and oxygen atoms in total. The highest BCUT2D eigenvalue weighted by Crippen LogP contribution is 2.26. The molecular weight excluding hydrogens is 877 g/mol.